The van der Waals surface area contributed by atoms with E-state index in [9.17, 15) is 18.7 Å². The summed E-state index contributed by atoms with van der Waals surface area (Å²) in [7, 11) is 0. The Morgan fingerprint density at radius 1 is 1.61 bits per heavy atom. The minimum Gasteiger partial charge on any atom is -0.383 e. The lowest BCUT2D eigenvalue weighted by Gasteiger charge is -2.41. The molecule has 0 unspecified atom stereocenters. The molecule has 1 heterocycles. The molecule has 1 aliphatic carbocycles. The maximum Gasteiger partial charge on any atom is 0.352 e. The van der Waals surface area contributed by atoms with Crippen molar-refractivity contribution in [1.29, 1.82) is 0 Å². The maximum atomic E-state index is 13.6. The molecule has 100 valence electrons. The number of nitrogens with zero attached hydrogens (tertiary/aromatic N) is 1. The molecular weight excluding hydrogens is 262 g/mol. The van der Waals surface area contributed by atoms with Crippen LogP contribution in [-0.2, 0) is 11.2 Å². The lowest BCUT2D eigenvalue weighted by atomic mass is 9.75. The summed E-state index contributed by atoms with van der Waals surface area (Å²) in [4.78, 5) is 15.4. The largest absolute Gasteiger partial charge is 0.383 e. The topological polar surface area (TPSA) is 62.2 Å². The molecule has 7 heteroatoms. The molecule has 1 aromatic rings. The Kier molecular flexibility index (Phi) is 3.63. The van der Waals surface area contributed by atoms with Gasteiger partial charge < -0.3 is 10.4 Å². The number of carbonyl (C=O) groups excluding carboxylic acids is 1. The van der Waals surface area contributed by atoms with Gasteiger partial charge in [-0.25, -0.2) is 4.98 Å². The smallest absolute Gasteiger partial charge is 0.352 e. The fraction of sp³-hybridized carbons (Fsp3) is 0.636. The Morgan fingerprint density at radius 2 is 2.33 bits per heavy atom. The molecule has 2 rings (SSSR count). The number of rotatable bonds is 5. The average molecular weight is 276 g/mol. The molecule has 0 aromatic carbocycles. The van der Waals surface area contributed by atoms with Crippen LogP contribution in [0.2, 0.25) is 0 Å². The molecule has 1 amide bonds. The van der Waals surface area contributed by atoms with Crippen LogP contribution < -0.4 is 5.32 Å². The maximum absolute atomic E-state index is 13.6. The van der Waals surface area contributed by atoms with Crippen LogP contribution in [0.15, 0.2) is 10.9 Å². The molecule has 0 saturated heterocycles. The van der Waals surface area contributed by atoms with Crippen LogP contribution in [0, 0.1) is 0 Å². The third-order valence-electron chi connectivity index (χ3n) is 3.20. The summed E-state index contributed by atoms with van der Waals surface area (Å²) in [6.45, 7) is 0.0915. The number of nitrogens with one attached hydrogen (secondary N) is 1. The van der Waals surface area contributed by atoms with E-state index in [0.717, 1.165) is 5.69 Å². The SMILES string of the molecule is O=C(NCCc1cscn1)C(F)(F)C1(O)CCC1. The number of thiazole rings is 1. The van der Waals surface area contributed by atoms with Gasteiger partial charge in [0.05, 0.1) is 11.2 Å². The van der Waals surface area contributed by atoms with Crippen molar-refractivity contribution in [2.45, 2.75) is 37.2 Å². The molecule has 2 N–H and O–H groups in total. The summed E-state index contributed by atoms with van der Waals surface area (Å²) in [6, 6.07) is 0. The van der Waals surface area contributed by atoms with Gasteiger partial charge in [-0.3, -0.25) is 4.79 Å². The van der Waals surface area contributed by atoms with Gasteiger partial charge in [-0.05, 0) is 19.3 Å². The number of alkyl halides is 2. The Labute approximate surface area is 107 Å². The van der Waals surface area contributed by atoms with E-state index < -0.39 is 17.4 Å². The van der Waals surface area contributed by atoms with Crippen molar-refractivity contribution >= 4 is 17.2 Å². The predicted octanol–water partition coefficient (Wildman–Crippen LogP) is 1.35. The number of carbonyl (C=O) groups is 1. The number of aromatic nitrogens is 1. The van der Waals surface area contributed by atoms with Gasteiger partial charge in [0.2, 0.25) is 0 Å². The molecule has 0 bridgehead atoms. The second-order valence-electron chi connectivity index (χ2n) is 4.45. The summed E-state index contributed by atoms with van der Waals surface area (Å²) < 4.78 is 27.3. The number of aliphatic hydroxyl groups is 1. The molecule has 1 saturated carbocycles. The van der Waals surface area contributed by atoms with Gasteiger partial charge in [0.1, 0.15) is 5.60 Å². The lowest BCUT2D eigenvalue weighted by Crippen LogP contribution is -2.60. The number of halogens is 2. The van der Waals surface area contributed by atoms with Crippen molar-refractivity contribution in [2.24, 2.45) is 0 Å². The van der Waals surface area contributed by atoms with Gasteiger partial charge in [-0.1, -0.05) is 0 Å². The highest BCUT2D eigenvalue weighted by molar-refractivity contribution is 7.07. The van der Waals surface area contributed by atoms with Crippen LogP contribution in [0.4, 0.5) is 8.78 Å². The Hall–Kier alpha value is -1.08. The molecule has 0 aliphatic heterocycles. The van der Waals surface area contributed by atoms with E-state index in [1.54, 1.807) is 10.9 Å². The molecule has 4 nitrogen and oxygen atoms in total. The van der Waals surface area contributed by atoms with E-state index in [2.05, 4.69) is 10.3 Å². The van der Waals surface area contributed by atoms with E-state index >= 15 is 0 Å². The van der Waals surface area contributed by atoms with E-state index in [0.29, 0.717) is 12.8 Å². The molecule has 0 atom stereocenters. The molecule has 1 fully saturated rings. The van der Waals surface area contributed by atoms with Gasteiger partial charge in [0.15, 0.2) is 0 Å². The summed E-state index contributed by atoms with van der Waals surface area (Å²) in [5, 5.41) is 13.5. The minimum absolute atomic E-state index is 0.0283. The second kappa shape index (κ2) is 4.89. The van der Waals surface area contributed by atoms with Gasteiger partial charge in [-0.15, -0.1) is 11.3 Å². The Morgan fingerprint density at radius 3 is 2.83 bits per heavy atom. The molecule has 0 radical (unpaired) electrons. The lowest BCUT2D eigenvalue weighted by molar-refractivity contribution is -0.215. The van der Waals surface area contributed by atoms with Crippen LogP contribution in [0.25, 0.3) is 0 Å². The van der Waals surface area contributed by atoms with Crippen LogP contribution in [0.5, 0.6) is 0 Å². The first-order valence-electron chi connectivity index (χ1n) is 5.71. The van der Waals surface area contributed by atoms with Crippen LogP contribution in [0.1, 0.15) is 25.0 Å². The molecular formula is C11H14F2N2O2S. The van der Waals surface area contributed by atoms with Crippen molar-refractivity contribution in [1.82, 2.24) is 10.3 Å². The first kappa shape index (κ1) is 13.4. The van der Waals surface area contributed by atoms with Crippen molar-refractivity contribution in [3.8, 4) is 0 Å². The van der Waals surface area contributed by atoms with Gasteiger partial charge in [0.25, 0.3) is 5.91 Å². The van der Waals surface area contributed by atoms with Crippen molar-refractivity contribution in [3.05, 3.63) is 16.6 Å². The summed E-state index contributed by atoms with van der Waals surface area (Å²) in [5.41, 5.74) is 0.242. The van der Waals surface area contributed by atoms with E-state index in [1.807, 2.05) is 0 Å². The fourth-order valence-corrected chi connectivity index (χ4v) is 2.41. The van der Waals surface area contributed by atoms with E-state index in [4.69, 9.17) is 0 Å². The van der Waals surface area contributed by atoms with Crippen molar-refractivity contribution < 1.29 is 18.7 Å². The summed E-state index contributed by atoms with van der Waals surface area (Å²) in [5.74, 6) is -5.12. The van der Waals surface area contributed by atoms with Crippen molar-refractivity contribution in [2.75, 3.05) is 6.54 Å². The van der Waals surface area contributed by atoms with Gasteiger partial charge in [0, 0.05) is 18.3 Å². The Balaban J connectivity index is 1.84. The molecule has 0 spiro atoms. The highest BCUT2D eigenvalue weighted by Crippen LogP contribution is 2.44. The normalized spacial score (nSPS) is 18.2. The zero-order valence-corrected chi connectivity index (χ0v) is 10.5. The second-order valence-corrected chi connectivity index (χ2v) is 5.16. The Bertz CT molecular complexity index is 419. The number of hydrogen-bond acceptors (Lipinski definition) is 4. The highest BCUT2D eigenvalue weighted by Gasteiger charge is 2.60. The van der Waals surface area contributed by atoms with Gasteiger partial charge in [-0.2, -0.15) is 8.78 Å². The average Bonchev–Trinajstić information content (AvgIpc) is 2.78. The van der Waals surface area contributed by atoms with Gasteiger partial charge >= 0.3 is 5.92 Å². The van der Waals surface area contributed by atoms with E-state index in [1.165, 1.54) is 11.3 Å². The fourth-order valence-electron chi connectivity index (χ4n) is 1.81. The quantitative estimate of drug-likeness (QED) is 0.853. The first-order chi connectivity index (χ1) is 8.46. The third kappa shape index (κ3) is 2.37. The van der Waals surface area contributed by atoms with Crippen LogP contribution in [0.3, 0.4) is 0 Å². The number of amides is 1. The zero-order chi connectivity index (χ0) is 13.2. The third-order valence-corrected chi connectivity index (χ3v) is 3.84. The monoisotopic (exact) mass is 276 g/mol. The van der Waals surface area contributed by atoms with E-state index in [-0.39, 0.29) is 19.4 Å². The first-order valence-corrected chi connectivity index (χ1v) is 6.65. The zero-order valence-electron chi connectivity index (χ0n) is 9.66. The summed E-state index contributed by atoms with van der Waals surface area (Å²) >= 11 is 1.41. The molecule has 1 aliphatic rings. The van der Waals surface area contributed by atoms with Crippen LogP contribution in [-0.4, -0.2) is 34.1 Å². The minimum atomic E-state index is -3.71. The predicted molar refractivity (Wildman–Crippen MR) is 62.6 cm³/mol. The molecule has 1 aromatic heterocycles. The summed E-state index contributed by atoms with van der Waals surface area (Å²) in [6.07, 6.45) is 0.876. The number of hydrogen-bond donors (Lipinski definition) is 2. The standard InChI is InChI=1S/C11H14F2N2O2S/c12-11(13,10(17)3-1-4-10)9(16)14-5-2-8-6-18-7-15-8/h6-7,17H,1-5H2,(H,14,16). The molecule has 18 heavy (non-hydrogen) atoms. The van der Waals surface area contributed by atoms with Crippen molar-refractivity contribution in [3.63, 3.8) is 0 Å². The van der Waals surface area contributed by atoms with Crippen LogP contribution >= 0.6 is 11.3 Å². The highest BCUT2D eigenvalue weighted by atomic mass is 32.1.